The molecule has 7 heteroatoms. The van der Waals surface area contributed by atoms with E-state index in [-0.39, 0.29) is 5.82 Å². The number of benzene rings is 1. The van der Waals surface area contributed by atoms with Crippen molar-refractivity contribution in [1.82, 2.24) is 19.7 Å². The van der Waals surface area contributed by atoms with E-state index in [4.69, 9.17) is 16.7 Å². The zero-order chi connectivity index (χ0) is 13.6. The molecule has 2 heterocycles. The third-order valence-electron chi connectivity index (χ3n) is 2.92. The molecule has 0 amide bonds. The standard InChI is InChI=1S/C12H11FN4OS/c1-6-3-10-9(4-8(6)13)15-12(19)17(10)5-11-14-7(2)16-18-11/h3-4H,5H2,1-2H3,(H,15,19). The molecule has 0 saturated carbocycles. The van der Waals surface area contributed by atoms with E-state index in [1.54, 1.807) is 19.9 Å². The van der Waals surface area contributed by atoms with Crippen LogP contribution in [0.1, 0.15) is 17.3 Å². The lowest BCUT2D eigenvalue weighted by atomic mass is 10.2. The van der Waals surface area contributed by atoms with Crippen LogP contribution in [-0.2, 0) is 6.54 Å². The van der Waals surface area contributed by atoms with Gasteiger partial charge < -0.3 is 14.1 Å². The van der Waals surface area contributed by atoms with Crippen molar-refractivity contribution in [2.75, 3.05) is 0 Å². The maximum absolute atomic E-state index is 13.5. The number of hydrogen-bond donors (Lipinski definition) is 1. The summed E-state index contributed by atoms with van der Waals surface area (Å²) >= 11 is 5.24. The van der Waals surface area contributed by atoms with Crippen LogP contribution in [0.2, 0.25) is 0 Å². The molecule has 0 spiro atoms. The van der Waals surface area contributed by atoms with Gasteiger partial charge in [0, 0.05) is 0 Å². The van der Waals surface area contributed by atoms with E-state index in [0.29, 0.717) is 34.1 Å². The average molecular weight is 278 g/mol. The average Bonchev–Trinajstić information content (AvgIpc) is 2.87. The number of imidazole rings is 1. The quantitative estimate of drug-likeness (QED) is 0.732. The lowest BCUT2D eigenvalue weighted by Crippen LogP contribution is -2.00. The lowest BCUT2D eigenvalue weighted by molar-refractivity contribution is 0.368. The summed E-state index contributed by atoms with van der Waals surface area (Å²) in [6.07, 6.45) is 0. The number of aromatic nitrogens is 4. The second kappa shape index (κ2) is 4.27. The molecule has 0 radical (unpaired) electrons. The Labute approximate surface area is 113 Å². The molecule has 2 aromatic heterocycles. The minimum Gasteiger partial charge on any atom is -0.337 e. The topological polar surface area (TPSA) is 59.6 Å². The Morgan fingerprint density at radius 1 is 1.42 bits per heavy atom. The van der Waals surface area contributed by atoms with Crippen molar-refractivity contribution in [1.29, 1.82) is 0 Å². The molecule has 3 aromatic rings. The number of hydrogen-bond acceptors (Lipinski definition) is 4. The molecule has 0 aliphatic rings. The Kier molecular flexibility index (Phi) is 2.70. The summed E-state index contributed by atoms with van der Waals surface area (Å²) in [5, 5.41) is 3.73. The van der Waals surface area contributed by atoms with Gasteiger partial charge in [-0.3, -0.25) is 0 Å². The van der Waals surface area contributed by atoms with Crippen molar-refractivity contribution in [2.24, 2.45) is 0 Å². The van der Waals surface area contributed by atoms with Crippen LogP contribution < -0.4 is 0 Å². The van der Waals surface area contributed by atoms with Crippen molar-refractivity contribution in [2.45, 2.75) is 20.4 Å². The number of rotatable bonds is 2. The van der Waals surface area contributed by atoms with Crippen LogP contribution >= 0.6 is 12.2 Å². The number of aromatic amines is 1. The highest BCUT2D eigenvalue weighted by atomic mass is 32.1. The van der Waals surface area contributed by atoms with E-state index in [0.717, 1.165) is 5.52 Å². The van der Waals surface area contributed by atoms with Crippen LogP contribution in [0.25, 0.3) is 11.0 Å². The fourth-order valence-electron chi connectivity index (χ4n) is 1.98. The minimum atomic E-state index is -0.260. The molecule has 0 aliphatic carbocycles. The summed E-state index contributed by atoms with van der Waals surface area (Å²) in [6.45, 7) is 3.83. The van der Waals surface area contributed by atoms with Gasteiger partial charge in [0.2, 0.25) is 5.89 Å². The van der Waals surface area contributed by atoms with Gasteiger partial charge in [0.15, 0.2) is 10.6 Å². The first-order valence-electron chi connectivity index (χ1n) is 5.72. The highest BCUT2D eigenvalue weighted by Gasteiger charge is 2.11. The molecule has 0 fully saturated rings. The summed E-state index contributed by atoms with van der Waals surface area (Å²) in [5.41, 5.74) is 2.04. The van der Waals surface area contributed by atoms with Crippen LogP contribution in [0.4, 0.5) is 4.39 Å². The number of aryl methyl sites for hydroxylation is 2. The van der Waals surface area contributed by atoms with E-state index >= 15 is 0 Å². The van der Waals surface area contributed by atoms with Crippen molar-refractivity contribution in [3.05, 3.63) is 40.0 Å². The molecule has 0 bridgehead atoms. The third kappa shape index (κ3) is 2.06. The number of nitrogens with zero attached hydrogens (tertiary/aromatic N) is 3. The Bertz CT molecular complexity index is 817. The van der Waals surface area contributed by atoms with Crippen molar-refractivity contribution >= 4 is 23.3 Å². The molecule has 1 aromatic carbocycles. The highest BCUT2D eigenvalue weighted by molar-refractivity contribution is 7.71. The van der Waals surface area contributed by atoms with Crippen molar-refractivity contribution < 1.29 is 8.91 Å². The lowest BCUT2D eigenvalue weighted by Gasteiger charge is -2.02. The smallest absolute Gasteiger partial charge is 0.246 e. The maximum atomic E-state index is 13.5. The highest BCUT2D eigenvalue weighted by Crippen LogP contribution is 2.19. The number of nitrogens with one attached hydrogen (secondary N) is 1. The molecule has 0 aliphatic heterocycles. The van der Waals surface area contributed by atoms with Gasteiger partial charge in [-0.25, -0.2) is 4.39 Å². The van der Waals surface area contributed by atoms with Gasteiger partial charge >= 0.3 is 0 Å². The Morgan fingerprint density at radius 3 is 2.89 bits per heavy atom. The van der Waals surface area contributed by atoms with Gasteiger partial charge in [0.25, 0.3) is 0 Å². The first kappa shape index (κ1) is 12.0. The van der Waals surface area contributed by atoms with Crippen LogP contribution in [0, 0.1) is 24.4 Å². The number of halogens is 1. The fourth-order valence-corrected chi connectivity index (χ4v) is 2.25. The second-order valence-corrected chi connectivity index (χ2v) is 4.76. The molecular weight excluding hydrogens is 267 g/mol. The fraction of sp³-hybridized carbons (Fsp3) is 0.250. The van der Waals surface area contributed by atoms with Crippen LogP contribution in [0.5, 0.6) is 0 Å². The van der Waals surface area contributed by atoms with Gasteiger partial charge in [-0.2, -0.15) is 4.98 Å². The van der Waals surface area contributed by atoms with Crippen LogP contribution in [0.3, 0.4) is 0 Å². The predicted octanol–water partition coefficient (Wildman–Crippen LogP) is 2.89. The van der Waals surface area contributed by atoms with Gasteiger partial charge in [0.1, 0.15) is 12.4 Å². The van der Waals surface area contributed by atoms with E-state index in [9.17, 15) is 4.39 Å². The molecule has 1 N–H and O–H groups in total. The summed E-state index contributed by atoms with van der Waals surface area (Å²) < 4.78 is 20.9. The van der Waals surface area contributed by atoms with Gasteiger partial charge in [0.05, 0.1) is 11.0 Å². The predicted molar refractivity (Wildman–Crippen MR) is 70.0 cm³/mol. The van der Waals surface area contributed by atoms with Crippen molar-refractivity contribution in [3.63, 3.8) is 0 Å². The number of H-pyrrole nitrogens is 1. The largest absolute Gasteiger partial charge is 0.337 e. The maximum Gasteiger partial charge on any atom is 0.246 e. The zero-order valence-electron chi connectivity index (χ0n) is 10.4. The summed E-state index contributed by atoms with van der Waals surface area (Å²) in [4.78, 5) is 7.11. The SMILES string of the molecule is Cc1noc(Cn2c(=S)[nH]c3cc(F)c(C)cc32)n1. The van der Waals surface area contributed by atoms with Gasteiger partial charge in [-0.15, -0.1) is 0 Å². The summed E-state index contributed by atoms with van der Waals surface area (Å²) in [6, 6.07) is 3.19. The Morgan fingerprint density at radius 2 is 2.21 bits per heavy atom. The Balaban J connectivity index is 2.15. The van der Waals surface area contributed by atoms with Gasteiger partial charge in [-0.05, 0) is 43.8 Å². The Hall–Kier alpha value is -2.02. The third-order valence-corrected chi connectivity index (χ3v) is 3.24. The van der Waals surface area contributed by atoms with E-state index < -0.39 is 0 Å². The first-order chi connectivity index (χ1) is 9.04. The normalized spacial score (nSPS) is 11.3. The second-order valence-electron chi connectivity index (χ2n) is 4.37. The molecule has 19 heavy (non-hydrogen) atoms. The molecule has 5 nitrogen and oxygen atoms in total. The number of fused-ring (bicyclic) bond motifs is 1. The van der Waals surface area contributed by atoms with Gasteiger partial charge in [-0.1, -0.05) is 5.16 Å². The minimum absolute atomic E-state index is 0.260. The van der Waals surface area contributed by atoms with Crippen LogP contribution in [-0.4, -0.2) is 19.7 Å². The van der Waals surface area contributed by atoms with E-state index in [2.05, 4.69) is 15.1 Å². The molecular formula is C12H11FN4OS. The first-order valence-corrected chi connectivity index (χ1v) is 6.13. The monoisotopic (exact) mass is 278 g/mol. The van der Waals surface area contributed by atoms with E-state index in [1.165, 1.54) is 6.07 Å². The van der Waals surface area contributed by atoms with E-state index in [1.807, 2.05) is 4.57 Å². The van der Waals surface area contributed by atoms with Crippen LogP contribution in [0.15, 0.2) is 16.7 Å². The summed E-state index contributed by atoms with van der Waals surface area (Å²) in [5.74, 6) is 0.782. The summed E-state index contributed by atoms with van der Waals surface area (Å²) in [7, 11) is 0. The van der Waals surface area contributed by atoms with Crippen molar-refractivity contribution in [3.8, 4) is 0 Å². The molecule has 98 valence electrons. The zero-order valence-corrected chi connectivity index (χ0v) is 11.2. The molecule has 0 saturated heterocycles. The molecule has 0 unspecified atom stereocenters. The molecule has 3 rings (SSSR count). The molecule has 0 atom stereocenters.